The molecule has 1 aromatic rings. The summed E-state index contributed by atoms with van der Waals surface area (Å²) in [4.78, 5) is 22.5. The summed E-state index contributed by atoms with van der Waals surface area (Å²) >= 11 is 0. The molecule has 1 aliphatic rings. The van der Waals surface area contributed by atoms with Gasteiger partial charge in [-0.15, -0.1) is 0 Å². The number of ketones is 1. The van der Waals surface area contributed by atoms with Gasteiger partial charge in [-0.05, 0) is 12.1 Å². The van der Waals surface area contributed by atoms with Gasteiger partial charge in [0.25, 0.3) is 0 Å². The van der Waals surface area contributed by atoms with Gasteiger partial charge in [-0.25, -0.2) is 0 Å². The smallest absolute Gasteiger partial charge is 0.217 e. The largest absolute Gasteiger partial charge is 0.487 e. The van der Waals surface area contributed by atoms with Crippen molar-refractivity contribution in [2.24, 2.45) is 0 Å². The van der Waals surface area contributed by atoms with Gasteiger partial charge in [0.1, 0.15) is 11.9 Å². The van der Waals surface area contributed by atoms with Crippen molar-refractivity contribution in [3.63, 3.8) is 0 Å². The molecule has 0 aromatic heterocycles. The lowest BCUT2D eigenvalue weighted by atomic mass is 10.0. The van der Waals surface area contributed by atoms with Crippen LogP contribution in [0.1, 0.15) is 23.7 Å². The van der Waals surface area contributed by atoms with E-state index in [-0.39, 0.29) is 17.8 Å². The molecule has 1 aliphatic heterocycles. The Morgan fingerprint density at radius 1 is 1.50 bits per heavy atom. The Hall–Kier alpha value is -1.84. The Morgan fingerprint density at radius 2 is 2.25 bits per heavy atom. The third-order valence-corrected chi connectivity index (χ3v) is 2.47. The van der Waals surface area contributed by atoms with Gasteiger partial charge in [-0.2, -0.15) is 0 Å². The van der Waals surface area contributed by atoms with Gasteiger partial charge < -0.3 is 10.1 Å². The second-order valence-corrected chi connectivity index (χ2v) is 3.80. The minimum absolute atomic E-state index is 0.0669. The molecule has 0 fully saturated rings. The van der Waals surface area contributed by atoms with Crippen LogP contribution < -0.4 is 10.1 Å². The number of benzene rings is 1. The summed E-state index contributed by atoms with van der Waals surface area (Å²) in [6.07, 6.45) is 0.0587. The minimum atomic E-state index is -0.258. The molecule has 0 unspecified atom stereocenters. The molecule has 1 heterocycles. The van der Waals surface area contributed by atoms with E-state index in [4.69, 9.17) is 4.74 Å². The fourth-order valence-corrected chi connectivity index (χ4v) is 1.71. The van der Waals surface area contributed by atoms with Gasteiger partial charge in [0.05, 0.1) is 12.1 Å². The highest BCUT2D eigenvalue weighted by Crippen LogP contribution is 2.26. The lowest BCUT2D eigenvalue weighted by Crippen LogP contribution is -2.38. The fraction of sp³-hybridized carbons (Fsp3) is 0.333. The Morgan fingerprint density at radius 3 is 3.00 bits per heavy atom. The van der Waals surface area contributed by atoms with Gasteiger partial charge in [-0.3, -0.25) is 9.59 Å². The van der Waals surface area contributed by atoms with Crippen LogP contribution in [-0.2, 0) is 4.79 Å². The molecule has 84 valence electrons. The molecule has 0 bridgehead atoms. The normalized spacial score (nSPS) is 18.6. The van der Waals surface area contributed by atoms with Crippen molar-refractivity contribution in [1.82, 2.24) is 5.32 Å². The molecule has 0 radical (unpaired) electrons. The van der Waals surface area contributed by atoms with E-state index in [2.05, 4.69) is 5.32 Å². The van der Waals surface area contributed by atoms with E-state index in [0.717, 1.165) is 0 Å². The zero-order chi connectivity index (χ0) is 11.5. The van der Waals surface area contributed by atoms with Crippen LogP contribution >= 0.6 is 0 Å². The molecule has 4 heteroatoms. The van der Waals surface area contributed by atoms with Crippen molar-refractivity contribution in [1.29, 1.82) is 0 Å². The highest BCUT2D eigenvalue weighted by atomic mass is 16.5. The Kier molecular flexibility index (Phi) is 2.90. The predicted octanol–water partition coefficient (Wildman–Crippen LogP) is 1.16. The predicted molar refractivity (Wildman–Crippen MR) is 58.5 cm³/mol. The molecular formula is C12H13NO3. The number of hydrogen-bond donors (Lipinski definition) is 1. The first-order valence-electron chi connectivity index (χ1n) is 5.20. The van der Waals surface area contributed by atoms with E-state index in [0.29, 0.717) is 24.3 Å². The Balaban J connectivity index is 2.09. The van der Waals surface area contributed by atoms with Gasteiger partial charge in [0.15, 0.2) is 5.78 Å². The number of ether oxygens (including phenoxy) is 1. The third-order valence-electron chi connectivity index (χ3n) is 2.47. The maximum atomic E-state index is 11.7. The summed E-state index contributed by atoms with van der Waals surface area (Å²) in [5, 5.41) is 2.65. The zero-order valence-corrected chi connectivity index (χ0v) is 9.03. The molecule has 2 rings (SSSR count). The first kappa shape index (κ1) is 10.7. The summed E-state index contributed by atoms with van der Waals surface area (Å²) in [5.41, 5.74) is 0.626. The number of amides is 1. The number of hydrogen-bond acceptors (Lipinski definition) is 3. The van der Waals surface area contributed by atoms with E-state index in [1.165, 1.54) is 6.92 Å². The molecule has 1 amide bonds. The lowest BCUT2D eigenvalue weighted by Gasteiger charge is -2.25. The maximum Gasteiger partial charge on any atom is 0.217 e. The SMILES string of the molecule is CC(=O)NC[C@@H]1CC(=O)c2ccccc2O1. The quantitative estimate of drug-likeness (QED) is 0.812. The first-order valence-corrected chi connectivity index (χ1v) is 5.20. The van der Waals surface area contributed by atoms with Crippen molar-refractivity contribution < 1.29 is 14.3 Å². The molecule has 0 spiro atoms. The van der Waals surface area contributed by atoms with Crippen LogP contribution in [0.2, 0.25) is 0 Å². The summed E-state index contributed by atoms with van der Waals surface area (Å²) < 4.78 is 5.62. The van der Waals surface area contributed by atoms with Crippen molar-refractivity contribution in [3.8, 4) is 5.75 Å². The number of nitrogens with one attached hydrogen (secondary N) is 1. The van der Waals surface area contributed by atoms with Gasteiger partial charge in [-0.1, -0.05) is 12.1 Å². The standard InChI is InChI=1S/C12H13NO3/c1-8(14)13-7-9-6-11(15)10-4-2-3-5-12(10)16-9/h2-5,9H,6-7H2,1H3,(H,13,14)/t9-/m0/s1. The van der Waals surface area contributed by atoms with Gasteiger partial charge in [0.2, 0.25) is 5.91 Å². The Labute approximate surface area is 93.6 Å². The van der Waals surface area contributed by atoms with Crippen LogP contribution in [0.15, 0.2) is 24.3 Å². The number of fused-ring (bicyclic) bond motifs is 1. The van der Waals surface area contributed by atoms with Crippen LogP contribution in [-0.4, -0.2) is 24.3 Å². The molecule has 4 nitrogen and oxygen atoms in total. The topological polar surface area (TPSA) is 55.4 Å². The summed E-state index contributed by atoms with van der Waals surface area (Å²) in [5.74, 6) is 0.557. The summed E-state index contributed by atoms with van der Waals surface area (Å²) in [6.45, 7) is 1.81. The summed E-state index contributed by atoms with van der Waals surface area (Å²) in [7, 11) is 0. The zero-order valence-electron chi connectivity index (χ0n) is 9.03. The molecule has 1 aromatic carbocycles. The van der Waals surface area contributed by atoms with Gasteiger partial charge in [0, 0.05) is 13.3 Å². The molecule has 1 N–H and O–H groups in total. The third kappa shape index (κ3) is 2.21. The van der Waals surface area contributed by atoms with E-state index < -0.39 is 0 Å². The van der Waals surface area contributed by atoms with Crippen LogP contribution in [0.4, 0.5) is 0 Å². The second kappa shape index (κ2) is 4.35. The highest BCUT2D eigenvalue weighted by Gasteiger charge is 2.25. The van der Waals surface area contributed by atoms with E-state index in [9.17, 15) is 9.59 Å². The molecule has 0 aliphatic carbocycles. The van der Waals surface area contributed by atoms with Crippen LogP contribution in [0.25, 0.3) is 0 Å². The number of para-hydroxylation sites is 1. The summed E-state index contributed by atoms with van der Waals surface area (Å²) in [6, 6.07) is 7.17. The lowest BCUT2D eigenvalue weighted by molar-refractivity contribution is -0.119. The maximum absolute atomic E-state index is 11.7. The van der Waals surface area contributed by atoms with Gasteiger partial charge >= 0.3 is 0 Å². The number of carbonyl (C=O) groups is 2. The second-order valence-electron chi connectivity index (χ2n) is 3.80. The Bertz CT molecular complexity index is 428. The van der Waals surface area contributed by atoms with Crippen LogP contribution in [0.5, 0.6) is 5.75 Å². The van der Waals surface area contributed by atoms with Crippen molar-refractivity contribution in [2.75, 3.05) is 6.54 Å². The van der Waals surface area contributed by atoms with E-state index in [1.54, 1.807) is 12.1 Å². The molecular weight excluding hydrogens is 206 g/mol. The average Bonchev–Trinajstić information content (AvgIpc) is 2.26. The number of Topliss-reactive ketones (excluding diaryl/α,β-unsaturated/α-hetero) is 1. The van der Waals surface area contributed by atoms with Crippen molar-refractivity contribution in [2.45, 2.75) is 19.4 Å². The molecule has 1 atom stereocenters. The van der Waals surface area contributed by atoms with Crippen molar-refractivity contribution in [3.05, 3.63) is 29.8 Å². The van der Waals surface area contributed by atoms with Crippen LogP contribution in [0.3, 0.4) is 0 Å². The molecule has 0 saturated heterocycles. The monoisotopic (exact) mass is 219 g/mol. The minimum Gasteiger partial charge on any atom is -0.487 e. The number of rotatable bonds is 2. The fourth-order valence-electron chi connectivity index (χ4n) is 1.71. The average molecular weight is 219 g/mol. The van der Waals surface area contributed by atoms with Crippen molar-refractivity contribution >= 4 is 11.7 Å². The van der Waals surface area contributed by atoms with E-state index >= 15 is 0 Å². The highest BCUT2D eigenvalue weighted by molar-refractivity contribution is 5.99. The molecule has 0 saturated carbocycles. The first-order chi connectivity index (χ1) is 7.66. The van der Waals surface area contributed by atoms with E-state index in [1.807, 2.05) is 12.1 Å². The van der Waals surface area contributed by atoms with Crippen LogP contribution in [0, 0.1) is 0 Å². The number of carbonyl (C=O) groups excluding carboxylic acids is 2. The molecule has 16 heavy (non-hydrogen) atoms.